The van der Waals surface area contributed by atoms with Crippen molar-refractivity contribution in [3.63, 3.8) is 0 Å². The molecule has 3 aromatic rings. The van der Waals surface area contributed by atoms with Crippen molar-refractivity contribution in [1.29, 1.82) is 0 Å². The molecule has 37 heavy (non-hydrogen) atoms. The highest BCUT2D eigenvalue weighted by atomic mass is 19.2. The van der Waals surface area contributed by atoms with Gasteiger partial charge in [-0.1, -0.05) is 44.2 Å². The molecule has 1 N–H and O–H groups in total. The number of anilines is 1. The molecule has 0 unspecified atom stereocenters. The molecule has 190 valence electrons. The molecule has 0 bridgehead atoms. The van der Waals surface area contributed by atoms with E-state index in [0.29, 0.717) is 12.0 Å². The molecule has 0 spiro atoms. The summed E-state index contributed by atoms with van der Waals surface area (Å²) >= 11 is 0. The lowest BCUT2D eigenvalue weighted by molar-refractivity contribution is -0.110. The molecule has 1 aliphatic heterocycles. The van der Waals surface area contributed by atoms with E-state index >= 15 is 0 Å². The van der Waals surface area contributed by atoms with Crippen molar-refractivity contribution in [2.45, 2.75) is 33.2 Å². The van der Waals surface area contributed by atoms with Gasteiger partial charge in [0.1, 0.15) is 0 Å². The second-order valence-electron chi connectivity index (χ2n) is 9.18. The molecule has 0 radical (unpaired) electrons. The van der Waals surface area contributed by atoms with Crippen LogP contribution in [0.1, 0.15) is 53.7 Å². The minimum Gasteiger partial charge on any atom is -0.321 e. The number of ketones is 1. The van der Waals surface area contributed by atoms with Gasteiger partial charge in [-0.05, 0) is 53.8 Å². The Morgan fingerprint density at radius 1 is 1.05 bits per heavy atom. The van der Waals surface area contributed by atoms with Crippen LogP contribution in [0.15, 0.2) is 65.6 Å². The zero-order valence-corrected chi connectivity index (χ0v) is 20.4. The van der Waals surface area contributed by atoms with Gasteiger partial charge in [-0.25, -0.2) is 13.2 Å². The third-order valence-corrected chi connectivity index (χ3v) is 5.89. The summed E-state index contributed by atoms with van der Waals surface area (Å²) in [6.45, 7) is 3.81. The summed E-state index contributed by atoms with van der Waals surface area (Å²) < 4.78 is 41.4. The molecule has 0 fully saturated rings. The topological polar surface area (TPSA) is 68.2 Å². The van der Waals surface area contributed by atoms with Gasteiger partial charge in [0, 0.05) is 29.4 Å². The number of fused-ring (bicyclic) bond motifs is 1. The number of hydrogen-bond donors (Lipinski definition) is 1. The normalized spacial score (nSPS) is 14.0. The van der Waals surface area contributed by atoms with E-state index in [2.05, 4.69) is 5.32 Å². The quantitative estimate of drug-likeness (QED) is 0.232. The zero-order chi connectivity index (χ0) is 26.7. The van der Waals surface area contributed by atoms with Crippen LogP contribution in [0.2, 0.25) is 0 Å². The van der Waals surface area contributed by atoms with E-state index in [1.807, 2.05) is 50.3 Å². The number of Topliss-reactive ketones (excluding diaryl/α,β-unsaturated/α-hetero) is 1. The Bertz CT molecular complexity index is 1480. The summed E-state index contributed by atoms with van der Waals surface area (Å²) in [6, 6.07) is 10.2. The van der Waals surface area contributed by atoms with Crippen molar-refractivity contribution in [2.24, 2.45) is 5.92 Å². The van der Waals surface area contributed by atoms with Crippen LogP contribution in [0.25, 0.3) is 11.6 Å². The molecule has 8 heteroatoms. The number of allylic oxidation sites excluding steroid dienone is 2. The van der Waals surface area contributed by atoms with E-state index in [1.165, 1.54) is 18.3 Å². The molecular formula is C29H25F3N2O3. The van der Waals surface area contributed by atoms with Crippen molar-refractivity contribution in [3.05, 3.63) is 111 Å². The summed E-state index contributed by atoms with van der Waals surface area (Å²) in [6.07, 6.45) is 7.43. The highest BCUT2D eigenvalue weighted by Gasteiger charge is 2.24. The number of aromatic nitrogens is 1. The van der Waals surface area contributed by atoms with Crippen LogP contribution in [0.3, 0.4) is 0 Å². The maximum absolute atomic E-state index is 13.5. The van der Waals surface area contributed by atoms with Crippen LogP contribution >= 0.6 is 0 Å². The lowest BCUT2D eigenvalue weighted by Crippen LogP contribution is -2.26. The summed E-state index contributed by atoms with van der Waals surface area (Å²) in [7, 11) is 0. The number of nitrogens with one attached hydrogen (secondary N) is 1. The maximum Gasteiger partial charge on any atom is 0.261 e. The van der Waals surface area contributed by atoms with E-state index in [1.54, 1.807) is 0 Å². The second kappa shape index (κ2) is 10.8. The van der Waals surface area contributed by atoms with Gasteiger partial charge in [-0.15, -0.1) is 0 Å². The summed E-state index contributed by atoms with van der Waals surface area (Å²) in [5.74, 6) is -4.53. The molecule has 0 saturated carbocycles. The molecule has 2 heterocycles. The van der Waals surface area contributed by atoms with Crippen LogP contribution in [-0.4, -0.2) is 16.3 Å². The summed E-state index contributed by atoms with van der Waals surface area (Å²) in [4.78, 5) is 37.7. The predicted molar refractivity (Wildman–Crippen MR) is 137 cm³/mol. The van der Waals surface area contributed by atoms with Gasteiger partial charge < -0.3 is 9.88 Å². The Kier molecular flexibility index (Phi) is 7.57. The molecule has 2 aromatic carbocycles. The first-order valence-corrected chi connectivity index (χ1v) is 11.8. The fourth-order valence-electron chi connectivity index (χ4n) is 4.15. The average Bonchev–Trinajstić information content (AvgIpc) is 3.15. The molecule has 1 aromatic heterocycles. The van der Waals surface area contributed by atoms with Gasteiger partial charge in [0.2, 0.25) is 0 Å². The molecule has 0 atom stereocenters. The Labute approximate surface area is 212 Å². The average molecular weight is 507 g/mol. The minimum absolute atomic E-state index is 0.0383. The Balaban J connectivity index is 1.41. The number of hydrogen-bond acceptors (Lipinski definition) is 3. The van der Waals surface area contributed by atoms with Gasteiger partial charge >= 0.3 is 0 Å². The molecule has 5 nitrogen and oxygen atoms in total. The zero-order valence-electron chi connectivity index (χ0n) is 20.4. The van der Waals surface area contributed by atoms with E-state index < -0.39 is 23.0 Å². The van der Waals surface area contributed by atoms with Crippen LogP contribution in [-0.2, 0) is 11.3 Å². The highest BCUT2D eigenvalue weighted by molar-refractivity contribution is 6.31. The van der Waals surface area contributed by atoms with Crippen LogP contribution in [0.4, 0.5) is 18.9 Å². The number of rotatable bonds is 8. The van der Waals surface area contributed by atoms with Crippen molar-refractivity contribution in [1.82, 2.24) is 4.57 Å². The van der Waals surface area contributed by atoms with Gasteiger partial charge in [-0.2, -0.15) is 0 Å². The van der Waals surface area contributed by atoms with Crippen LogP contribution in [0, 0.1) is 23.4 Å². The van der Waals surface area contributed by atoms with Crippen LogP contribution in [0.5, 0.6) is 0 Å². The molecule has 0 aliphatic carbocycles. The lowest BCUT2D eigenvalue weighted by Gasteiger charge is -2.08. The van der Waals surface area contributed by atoms with E-state index in [-0.39, 0.29) is 41.7 Å². The first-order chi connectivity index (χ1) is 17.6. The number of benzene rings is 2. The minimum atomic E-state index is -1.58. The van der Waals surface area contributed by atoms with Gasteiger partial charge in [0.25, 0.3) is 11.5 Å². The SMILES string of the molecule is CC(C)/C=C1/C(=O)Nc2cc(/C=C/CCC(=O)c3cccn(Cc4cc(F)c(F)c(F)c4)c3=O)ccc21. The molecular weight excluding hydrogens is 481 g/mol. The predicted octanol–water partition coefficient (Wildman–Crippen LogP) is 5.98. The first-order valence-electron chi connectivity index (χ1n) is 11.8. The van der Waals surface area contributed by atoms with E-state index in [9.17, 15) is 27.6 Å². The molecule has 1 aliphatic rings. The Hall–Kier alpha value is -4.20. The molecule has 0 saturated heterocycles. The lowest BCUT2D eigenvalue weighted by atomic mass is 10.0. The fraction of sp³-hybridized carbons (Fsp3) is 0.207. The monoisotopic (exact) mass is 506 g/mol. The van der Waals surface area contributed by atoms with E-state index in [0.717, 1.165) is 33.5 Å². The van der Waals surface area contributed by atoms with Crippen molar-refractivity contribution in [2.75, 3.05) is 5.32 Å². The van der Waals surface area contributed by atoms with Gasteiger partial charge in [0.05, 0.1) is 12.1 Å². The van der Waals surface area contributed by atoms with Gasteiger partial charge in [0.15, 0.2) is 23.2 Å². The third-order valence-electron chi connectivity index (χ3n) is 5.89. The summed E-state index contributed by atoms with van der Waals surface area (Å²) in [5.41, 5.74) is 2.54. The van der Waals surface area contributed by atoms with Crippen molar-refractivity contribution >= 4 is 29.0 Å². The third kappa shape index (κ3) is 5.80. The van der Waals surface area contributed by atoms with Crippen molar-refractivity contribution in [3.8, 4) is 0 Å². The number of carbonyl (C=O) groups excluding carboxylic acids is 2. The number of nitrogens with zero attached hydrogens (tertiary/aromatic N) is 1. The number of halogens is 3. The summed E-state index contributed by atoms with van der Waals surface area (Å²) in [5, 5.41) is 2.87. The first kappa shape index (κ1) is 25.9. The number of pyridine rings is 1. The second-order valence-corrected chi connectivity index (χ2v) is 9.18. The maximum atomic E-state index is 13.5. The largest absolute Gasteiger partial charge is 0.321 e. The smallest absolute Gasteiger partial charge is 0.261 e. The number of carbonyl (C=O) groups is 2. The van der Waals surface area contributed by atoms with E-state index in [4.69, 9.17) is 0 Å². The van der Waals surface area contributed by atoms with Crippen LogP contribution < -0.4 is 10.9 Å². The number of amides is 1. The Morgan fingerprint density at radius 2 is 1.78 bits per heavy atom. The molecule has 1 amide bonds. The molecule has 4 rings (SSSR count). The highest BCUT2D eigenvalue weighted by Crippen LogP contribution is 2.33. The standard InChI is InChI=1S/C29H25F3N2O3/c1-17(2)12-22-20-10-9-18(15-25(20)33-28(22)36)6-3-4-8-26(35)21-7-5-11-34(29(21)37)16-19-13-23(30)27(32)24(31)14-19/h3,5-7,9-15,17H,4,8,16H2,1-2H3,(H,33,36)/b6-3+,22-12+. The fourth-order valence-corrected chi connectivity index (χ4v) is 4.15. The Morgan fingerprint density at radius 3 is 2.49 bits per heavy atom. The van der Waals surface area contributed by atoms with Crippen molar-refractivity contribution < 1.29 is 22.8 Å². The van der Waals surface area contributed by atoms with Gasteiger partial charge in [-0.3, -0.25) is 14.4 Å².